The first-order chi connectivity index (χ1) is 10.2. The van der Waals surface area contributed by atoms with Crippen molar-refractivity contribution in [1.29, 1.82) is 0 Å². The minimum absolute atomic E-state index is 0.130. The van der Waals surface area contributed by atoms with Crippen LogP contribution in [0.15, 0.2) is 36.9 Å². The first-order valence-electron chi connectivity index (χ1n) is 6.14. The van der Waals surface area contributed by atoms with Crippen molar-refractivity contribution in [1.82, 2.24) is 19.9 Å². The predicted octanol–water partition coefficient (Wildman–Crippen LogP) is 2.57. The third-order valence-electron chi connectivity index (χ3n) is 2.83. The SMILES string of the molecule is FC(F)Oc1ccc(CNc2ncnc3[nH]cnc23)cc1. The first-order valence-corrected chi connectivity index (χ1v) is 6.14. The van der Waals surface area contributed by atoms with Gasteiger partial charge in [0, 0.05) is 6.54 Å². The monoisotopic (exact) mass is 291 g/mol. The molecule has 2 N–H and O–H groups in total. The maximum atomic E-state index is 12.0. The molecule has 0 unspecified atom stereocenters. The molecule has 21 heavy (non-hydrogen) atoms. The zero-order valence-corrected chi connectivity index (χ0v) is 10.8. The highest BCUT2D eigenvalue weighted by molar-refractivity contribution is 5.81. The summed E-state index contributed by atoms with van der Waals surface area (Å²) in [6, 6.07) is 6.39. The van der Waals surface area contributed by atoms with Crippen molar-refractivity contribution in [3.8, 4) is 5.75 Å². The summed E-state index contributed by atoms with van der Waals surface area (Å²) >= 11 is 0. The lowest BCUT2D eigenvalue weighted by Gasteiger charge is -2.07. The van der Waals surface area contributed by atoms with E-state index >= 15 is 0 Å². The largest absolute Gasteiger partial charge is 0.435 e. The molecule has 0 aliphatic heterocycles. The van der Waals surface area contributed by atoms with Crippen molar-refractivity contribution in [2.45, 2.75) is 13.2 Å². The molecule has 0 aliphatic carbocycles. The number of nitrogens with one attached hydrogen (secondary N) is 2. The number of hydrogen-bond donors (Lipinski definition) is 2. The lowest BCUT2D eigenvalue weighted by atomic mass is 10.2. The van der Waals surface area contributed by atoms with Gasteiger partial charge in [-0.2, -0.15) is 8.78 Å². The summed E-state index contributed by atoms with van der Waals surface area (Å²) < 4.78 is 28.4. The second-order valence-corrected chi connectivity index (χ2v) is 4.20. The van der Waals surface area contributed by atoms with Crippen molar-refractivity contribution >= 4 is 17.0 Å². The van der Waals surface area contributed by atoms with E-state index < -0.39 is 6.61 Å². The van der Waals surface area contributed by atoms with Gasteiger partial charge in [0.25, 0.3) is 0 Å². The Hall–Kier alpha value is -2.77. The number of halogens is 2. The van der Waals surface area contributed by atoms with Gasteiger partial charge in [-0.15, -0.1) is 0 Å². The Balaban J connectivity index is 1.68. The molecule has 2 aromatic heterocycles. The molecule has 0 atom stereocenters. The minimum Gasteiger partial charge on any atom is -0.435 e. The van der Waals surface area contributed by atoms with E-state index in [1.165, 1.54) is 18.5 Å². The molecule has 108 valence electrons. The van der Waals surface area contributed by atoms with Gasteiger partial charge in [-0.1, -0.05) is 12.1 Å². The van der Waals surface area contributed by atoms with Gasteiger partial charge in [-0.3, -0.25) is 0 Å². The average Bonchev–Trinajstić information content (AvgIpc) is 2.95. The molecule has 0 amide bonds. The number of rotatable bonds is 5. The summed E-state index contributed by atoms with van der Waals surface area (Å²) in [5, 5.41) is 3.13. The summed E-state index contributed by atoms with van der Waals surface area (Å²) in [4.78, 5) is 15.2. The maximum absolute atomic E-state index is 12.0. The Bertz CT molecular complexity index is 729. The fourth-order valence-electron chi connectivity index (χ4n) is 1.87. The highest BCUT2D eigenvalue weighted by atomic mass is 19.3. The van der Waals surface area contributed by atoms with E-state index in [-0.39, 0.29) is 5.75 Å². The van der Waals surface area contributed by atoms with E-state index in [1.54, 1.807) is 18.5 Å². The smallest absolute Gasteiger partial charge is 0.387 e. The summed E-state index contributed by atoms with van der Waals surface area (Å²) in [5.74, 6) is 0.736. The van der Waals surface area contributed by atoms with Crippen molar-refractivity contribution in [2.24, 2.45) is 0 Å². The summed E-state index contributed by atoms with van der Waals surface area (Å²) in [5.41, 5.74) is 2.20. The molecule has 0 spiro atoms. The first kappa shape index (κ1) is 13.2. The van der Waals surface area contributed by atoms with Crippen LogP contribution in [-0.2, 0) is 6.54 Å². The van der Waals surface area contributed by atoms with E-state index in [1.807, 2.05) is 0 Å². The number of fused-ring (bicyclic) bond motifs is 1. The van der Waals surface area contributed by atoms with E-state index in [2.05, 4.69) is 30.0 Å². The highest BCUT2D eigenvalue weighted by Gasteiger charge is 2.06. The number of imidazole rings is 1. The zero-order chi connectivity index (χ0) is 14.7. The average molecular weight is 291 g/mol. The fraction of sp³-hybridized carbons (Fsp3) is 0.154. The van der Waals surface area contributed by atoms with E-state index in [0.29, 0.717) is 23.5 Å². The molecule has 0 aliphatic rings. The molecule has 0 saturated heterocycles. The number of aromatic nitrogens is 4. The normalized spacial score (nSPS) is 11.0. The molecule has 0 bridgehead atoms. The van der Waals surface area contributed by atoms with Crippen LogP contribution in [0.4, 0.5) is 14.6 Å². The molecule has 0 saturated carbocycles. The number of benzene rings is 1. The van der Waals surface area contributed by atoms with Crippen LogP contribution in [0.1, 0.15) is 5.56 Å². The van der Waals surface area contributed by atoms with Crippen molar-refractivity contribution in [2.75, 3.05) is 5.32 Å². The van der Waals surface area contributed by atoms with Crippen LogP contribution < -0.4 is 10.1 Å². The Morgan fingerprint density at radius 3 is 2.71 bits per heavy atom. The van der Waals surface area contributed by atoms with Gasteiger partial charge in [0.1, 0.15) is 17.6 Å². The fourth-order valence-corrected chi connectivity index (χ4v) is 1.87. The van der Waals surface area contributed by atoms with Gasteiger partial charge in [0.15, 0.2) is 11.5 Å². The van der Waals surface area contributed by atoms with Crippen LogP contribution in [0.5, 0.6) is 5.75 Å². The van der Waals surface area contributed by atoms with Gasteiger partial charge < -0.3 is 15.0 Å². The van der Waals surface area contributed by atoms with Gasteiger partial charge in [-0.25, -0.2) is 15.0 Å². The Kier molecular flexibility index (Phi) is 3.59. The van der Waals surface area contributed by atoms with Crippen LogP contribution in [0.3, 0.4) is 0 Å². The molecule has 6 nitrogen and oxygen atoms in total. The van der Waals surface area contributed by atoms with Crippen molar-refractivity contribution < 1.29 is 13.5 Å². The number of hydrogen-bond acceptors (Lipinski definition) is 5. The minimum atomic E-state index is -2.82. The molecule has 3 aromatic rings. The maximum Gasteiger partial charge on any atom is 0.387 e. The van der Waals surface area contributed by atoms with E-state index in [0.717, 1.165) is 5.56 Å². The standard InChI is InChI=1S/C13H11F2N5O/c14-13(15)21-9-3-1-8(2-4-9)5-16-11-10-12(18-6-17-10)20-7-19-11/h1-4,6-7,13H,5H2,(H2,16,17,18,19,20). The third-order valence-corrected chi connectivity index (χ3v) is 2.83. The molecule has 2 heterocycles. The van der Waals surface area contributed by atoms with E-state index in [9.17, 15) is 8.78 Å². The van der Waals surface area contributed by atoms with Gasteiger partial charge in [0.05, 0.1) is 6.33 Å². The Labute approximate surface area is 118 Å². The summed E-state index contributed by atoms with van der Waals surface area (Å²) in [6.07, 6.45) is 2.98. The van der Waals surface area contributed by atoms with Crippen LogP contribution in [0, 0.1) is 0 Å². The van der Waals surface area contributed by atoms with Crippen LogP contribution in [0.2, 0.25) is 0 Å². The lowest BCUT2D eigenvalue weighted by molar-refractivity contribution is -0.0498. The number of nitrogens with zero attached hydrogens (tertiary/aromatic N) is 3. The third kappa shape index (κ3) is 3.04. The number of ether oxygens (including phenoxy) is 1. The molecule has 0 fully saturated rings. The van der Waals surface area contributed by atoms with Gasteiger partial charge >= 0.3 is 6.61 Å². The molecule has 1 aromatic carbocycles. The predicted molar refractivity (Wildman–Crippen MR) is 72.1 cm³/mol. The topological polar surface area (TPSA) is 75.7 Å². The van der Waals surface area contributed by atoms with Crippen molar-refractivity contribution in [3.05, 3.63) is 42.5 Å². The second-order valence-electron chi connectivity index (χ2n) is 4.20. The van der Waals surface area contributed by atoms with Crippen LogP contribution in [0.25, 0.3) is 11.2 Å². The molecular weight excluding hydrogens is 280 g/mol. The molecule has 8 heteroatoms. The Morgan fingerprint density at radius 1 is 1.14 bits per heavy atom. The van der Waals surface area contributed by atoms with E-state index in [4.69, 9.17) is 0 Å². The Morgan fingerprint density at radius 2 is 1.95 bits per heavy atom. The van der Waals surface area contributed by atoms with Crippen LogP contribution in [-0.4, -0.2) is 26.5 Å². The van der Waals surface area contributed by atoms with Gasteiger partial charge in [-0.05, 0) is 17.7 Å². The second kappa shape index (κ2) is 5.70. The quantitative estimate of drug-likeness (QED) is 0.755. The highest BCUT2D eigenvalue weighted by Crippen LogP contribution is 2.18. The lowest BCUT2D eigenvalue weighted by Crippen LogP contribution is -2.04. The number of aromatic amines is 1. The summed E-state index contributed by atoms with van der Waals surface area (Å²) in [7, 11) is 0. The van der Waals surface area contributed by atoms with Crippen molar-refractivity contribution in [3.63, 3.8) is 0 Å². The summed E-state index contributed by atoms with van der Waals surface area (Å²) in [6.45, 7) is -2.34. The molecule has 3 rings (SSSR count). The van der Waals surface area contributed by atoms with Gasteiger partial charge in [0.2, 0.25) is 0 Å². The zero-order valence-electron chi connectivity index (χ0n) is 10.8. The number of anilines is 1. The molecule has 0 radical (unpaired) electrons. The number of H-pyrrole nitrogens is 1. The molecular formula is C13H11F2N5O. The number of alkyl halides is 2. The van der Waals surface area contributed by atoms with Crippen LogP contribution >= 0.6 is 0 Å².